The molecule has 0 saturated carbocycles. The van der Waals surface area contributed by atoms with Gasteiger partial charge in [-0.3, -0.25) is 0 Å². The first kappa shape index (κ1) is 10.6. The Morgan fingerprint density at radius 3 is 2.69 bits per heavy atom. The van der Waals surface area contributed by atoms with Gasteiger partial charge in [-0.25, -0.2) is 0 Å². The molecule has 2 nitrogen and oxygen atoms in total. The first-order valence-corrected chi connectivity index (χ1v) is 5.27. The van der Waals surface area contributed by atoms with E-state index >= 15 is 0 Å². The van der Waals surface area contributed by atoms with Crippen LogP contribution in [0, 0.1) is 6.92 Å². The summed E-state index contributed by atoms with van der Waals surface area (Å²) < 4.78 is 4.88. The van der Waals surface area contributed by atoms with Crippen LogP contribution < -0.4 is 5.46 Å². The Kier molecular flexibility index (Phi) is 3.84. The minimum atomic E-state index is -0.817. The van der Waals surface area contributed by atoms with Crippen molar-refractivity contribution in [3.8, 4) is 0 Å². The third kappa shape index (κ3) is 2.50. The van der Waals surface area contributed by atoms with Crippen LogP contribution in [0.5, 0.6) is 0 Å². The van der Waals surface area contributed by atoms with E-state index in [0.29, 0.717) is 0 Å². The molecule has 1 rings (SSSR count). The number of hydrogen-bond donors (Lipinski definition) is 1. The van der Waals surface area contributed by atoms with E-state index < -0.39 is 7.12 Å². The van der Waals surface area contributed by atoms with Gasteiger partial charge < -0.3 is 9.68 Å². The summed E-state index contributed by atoms with van der Waals surface area (Å²) in [5.74, 6) is 0. The Labute approximate surface area is 83.4 Å². The minimum Gasteiger partial charge on any atom is -0.423 e. The second-order valence-electron chi connectivity index (χ2n) is 2.83. The maximum atomic E-state index is 9.53. The van der Waals surface area contributed by atoms with E-state index in [0.717, 1.165) is 15.9 Å². The van der Waals surface area contributed by atoms with E-state index in [4.69, 9.17) is 4.65 Å². The molecular weight excluding hydrogens is 183 g/mol. The Morgan fingerprint density at radius 1 is 1.46 bits per heavy atom. The zero-order valence-corrected chi connectivity index (χ0v) is 8.89. The number of rotatable bonds is 3. The summed E-state index contributed by atoms with van der Waals surface area (Å²) >= 11 is 1.61. The first-order valence-electron chi connectivity index (χ1n) is 4.04. The zero-order valence-electron chi connectivity index (χ0n) is 8.07. The molecule has 0 amide bonds. The fourth-order valence-corrected chi connectivity index (χ4v) is 1.77. The number of hydrogen-bond acceptors (Lipinski definition) is 3. The SMILES string of the molecule is COB(O)c1cc(C)ccc1SC. The molecule has 1 aromatic carbocycles. The van der Waals surface area contributed by atoms with Gasteiger partial charge in [-0.05, 0) is 24.7 Å². The highest BCUT2D eigenvalue weighted by Crippen LogP contribution is 2.13. The lowest BCUT2D eigenvalue weighted by Crippen LogP contribution is -2.34. The molecule has 0 aliphatic carbocycles. The lowest BCUT2D eigenvalue weighted by Gasteiger charge is -2.09. The van der Waals surface area contributed by atoms with Crippen molar-refractivity contribution in [2.75, 3.05) is 13.4 Å². The molecule has 4 heteroatoms. The molecule has 0 radical (unpaired) electrons. The fraction of sp³-hybridized carbons (Fsp3) is 0.333. The van der Waals surface area contributed by atoms with Crippen molar-refractivity contribution in [2.45, 2.75) is 11.8 Å². The third-order valence-corrected chi connectivity index (χ3v) is 2.69. The molecule has 0 aliphatic rings. The Morgan fingerprint density at radius 2 is 2.15 bits per heavy atom. The van der Waals surface area contributed by atoms with E-state index in [-0.39, 0.29) is 0 Å². The molecule has 1 aromatic rings. The van der Waals surface area contributed by atoms with Gasteiger partial charge in [0.15, 0.2) is 0 Å². The van der Waals surface area contributed by atoms with Gasteiger partial charge >= 0.3 is 7.12 Å². The van der Waals surface area contributed by atoms with Crippen molar-refractivity contribution < 1.29 is 9.68 Å². The molecule has 1 N–H and O–H groups in total. The summed E-state index contributed by atoms with van der Waals surface area (Å²) in [7, 11) is 0.680. The maximum absolute atomic E-state index is 9.53. The van der Waals surface area contributed by atoms with Crippen molar-refractivity contribution in [3.05, 3.63) is 23.8 Å². The van der Waals surface area contributed by atoms with Crippen molar-refractivity contribution in [1.82, 2.24) is 0 Å². The Hall–Kier alpha value is -0.445. The monoisotopic (exact) mass is 196 g/mol. The molecule has 0 aliphatic heterocycles. The molecule has 0 spiro atoms. The van der Waals surface area contributed by atoms with Gasteiger partial charge in [-0.15, -0.1) is 11.8 Å². The summed E-state index contributed by atoms with van der Waals surface area (Å²) in [5, 5.41) is 9.53. The molecule has 0 fully saturated rings. The van der Waals surface area contributed by atoms with Crippen LogP contribution in [-0.4, -0.2) is 25.5 Å². The number of thioether (sulfide) groups is 1. The van der Waals surface area contributed by atoms with Gasteiger partial charge in [0.25, 0.3) is 0 Å². The average Bonchev–Trinajstić information content (AvgIpc) is 2.16. The molecule has 0 atom stereocenters. The maximum Gasteiger partial charge on any atom is 0.492 e. The topological polar surface area (TPSA) is 29.5 Å². The van der Waals surface area contributed by atoms with Crippen LogP contribution in [0.3, 0.4) is 0 Å². The lowest BCUT2D eigenvalue weighted by atomic mass is 9.79. The molecule has 0 aromatic heterocycles. The predicted octanol–water partition coefficient (Wildman–Crippen LogP) is 1.05. The van der Waals surface area contributed by atoms with E-state index in [1.165, 1.54) is 7.11 Å². The highest BCUT2D eigenvalue weighted by Gasteiger charge is 2.18. The van der Waals surface area contributed by atoms with Crippen molar-refractivity contribution in [3.63, 3.8) is 0 Å². The normalized spacial score (nSPS) is 10.2. The summed E-state index contributed by atoms with van der Waals surface area (Å²) in [4.78, 5) is 1.06. The fourth-order valence-electron chi connectivity index (χ4n) is 1.17. The summed E-state index contributed by atoms with van der Waals surface area (Å²) in [6, 6.07) is 5.97. The second-order valence-corrected chi connectivity index (χ2v) is 3.68. The molecule has 0 unspecified atom stereocenters. The zero-order chi connectivity index (χ0) is 9.84. The molecule has 13 heavy (non-hydrogen) atoms. The van der Waals surface area contributed by atoms with Crippen LogP contribution in [0.25, 0.3) is 0 Å². The predicted molar refractivity (Wildman–Crippen MR) is 57.6 cm³/mol. The standard InChI is InChI=1S/C9H13BO2S/c1-7-4-5-9(13-3)8(6-7)10(11)12-2/h4-6,11H,1-3H3. The molecule has 0 saturated heterocycles. The largest absolute Gasteiger partial charge is 0.492 e. The molecular formula is C9H13BO2S. The van der Waals surface area contributed by atoms with Crippen LogP contribution in [0.4, 0.5) is 0 Å². The molecule has 70 valence electrons. The van der Waals surface area contributed by atoms with E-state index in [1.807, 2.05) is 31.4 Å². The van der Waals surface area contributed by atoms with Gasteiger partial charge in [0, 0.05) is 12.0 Å². The highest BCUT2D eigenvalue weighted by molar-refractivity contribution is 7.98. The van der Waals surface area contributed by atoms with Gasteiger partial charge in [-0.1, -0.05) is 17.7 Å². The van der Waals surface area contributed by atoms with Crippen LogP contribution in [0.2, 0.25) is 0 Å². The Balaban J connectivity index is 3.07. The lowest BCUT2D eigenvalue weighted by molar-refractivity contribution is 0.341. The van der Waals surface area contributed by atoms with Crippen LogP contribution >= 0.6 is 11.8 Å². The van der Waals surface area contributed by atoms with Crippen LogP contribution in [0.15, 0.2) is 23.1 Å². The molecule has 0 heterocycles. The molecule has 0 bridgehead atoms. The van der Waals surface area contributed by atoms with Crippen LogP contribution in [-0.2, 0) is 4.65 Å². The quantitative estimate of drug-likeness (QED) is 0.578. The number of aryl methyl sites for hydroxylation is 1. The van der Waals surface area contributed by atoms with Gasteiger partial charge in [0.2, 0.25) is 0 Å². The average molecular weight is 196 g/mol. The Bertz CT molecular complexity index is 291. The van der Waals surface area contributed by atoms with E-state index in [1.54, 1.807) is 11.8 Å². The number of benzene rings is 1. The minimum absolute atomic E-state index is 0.817. The highest BCUT2D eigenvalue weighted by atomic mass is 32.2. The van der Waals surface area contributed by atoms with Crippen LogP contribution in [0.1, 0.15) is 5.56 Å². The van der Waals surface area contributed by atoms with Gasteiger partial charge in [-0.2, -0.15) is 0 Å². The van der Waals surface area contributed by atoms with Crippen molar-refractivity contribution in [1.29, 1.82) is 0 Å². The van der Waals surface area contributed by atoms with E-state index in [2.05, 4.69) is 0 Å². The van der Waals surface area contributed by atoms with Gasteiger partial charge in [0.1, 0.15) is 0 Å². The van der Waals surface area contributed by atoms with Crippen molar-refractivity contribution in [2.24, 2.45) is 0 Å². The third-order valence-electron chi connectivity index (χ3n) is 1.87. The van der Waals surface area contributed by atoms with Crippen molar-refractivity contribution >= 4 is 24.3 Å². The summed E-state index contributed by atoms with van der Waals surface area (Å²) in [5.41, 5.74) is 1.97. The van der Waals surface area contributed by atoms with Gasteiger partial charge in [0.05, 0.1) is 0 Å². The summed E-state index contributed by atoms with van der Waals surface area (Å²) in [6.45, 7) is 2.00. The smallest absolute Gasteiger partial charge is 0.423 e. The second kappa shape index (κ2) is 4.70. The summed E-state index contributed by atoms with van der Waals surface area (Å²) in [6.07, 6.45) is 1.98. The first-order chi connectivity index (χ1) is 6.19. The van der Waals surface area contributed by atoms with E-state index in [9.17, 15) is 5.02 Å².